The molecule has 53 heavy (non-hydrogen) atoms. The number of hydrogen-bond donors (Lipinski definition) is 3. The number of aliphatic hydroxyl groups is 2. The van der Waals surface area contributed by atoms with E-state index in [1.807, 2.05) is 72.8 Å². The monoisotopic (exact) mass is 714 g/mol. The van der Waals surface area contributed by atoms with Gasteiger partial charge in [0.15, 0.2) is 5.78 Å². The summed E-state index contributed by atoms with van der Waals surface area (Å²) in [7, 11) is 1.66. The molecule has 8 atom stereocenters. The first kappa shape index (κ1) is 36.0. The van der Waals surface area contributed by atoms with E-state index in [1.54, 1.807) is 12.0 Å². The molecule has 0 saturated heterocycles. The van der Waals surface area contributed by atoms with Crippen LogP contribution in [0.25, 0.3) is 11.1 Å². The fourth-order valence-corrected chi connectivity index (χ4v) is 12.0. The van der Waals surface area contributed by atoms with E-state index in [0.29, 0.717) is 43.7 Å². The molecule has 3 aromatic rings. The number of rotatable bonds is 10. The Morgan fingerprint density at radius 3 is 2.26 bits per heavy atom. The van der Waals surface area contributed by atoms with Crippen molar-refractivity contribution in [2.24, 2.45) is 33.5 Å². The second kappa shape index (κ2) is 13.4. The van der Waals surface area contributed by atoms with Crippen LogP contribution in [0.4, 0.5) is 10.5 Å². The van der Waals surface area contributed by atoms with E-state index < -0.39 is 27.9 Å². The number of benzene rings is 3. The summed E-state index contributed by atoms with van der Waals surface area (Å²) in [6.07, 6.45) is 12.4. The number of anilines is 1. The molecule has 9 rings (SSSR count). The summed E-state index contributed by atoms with van der Waals surface area (Å²) in [4.78, 5) is 31.1. The molecule has 2 amide bonds. The summed E-state index contributed by atoms with van der Waals surface area (Å²) in [5.41, 5.74) is 1.28. The highest BCUT2D eigenvalue weighted by atomic mass is 16.5. The van der Waals surface area contributed by atoms with Crippen molar-refractivity contribution in [3.8, 4) is 11.1 Å². The summed E-state index contributed by atoms with van der Waals surface area (Å²) in [6.45, 7) is 5.80. The number of methoxy groups -OCH3 is 1. The maximum absolute atomic E-state index is 15.4. The summed E-state index contributed by atoms with van der Waals surface area (Å²) >= 11 is 0. The number of ketones is 1. The number of nitrogens with one attached hydrogen (secondary N) is 1. The van der Waals surface area contributed by atoms with Crippen molar-refractivity contribution in [2.75, 3.05) is 32.1 Å². The summed E-state index contributed by atoms with van der Waals surface area (Å²) in [6, 6.07) is 27.3. The minimum absolute atomic E-state index is 0.0194. The van der Waals surface area contributed by atoms with Crippen molar-refractivity contribution in [2.45, 2.75) is 76.9 Å². The molecule has 7 nitrogen and oxygen atoms in total. The number of allylic oxidation sites excluding steroid dienone is 4. The van der Waals surface area contributed by atoms with Crippen LogP contribution in [0.5, 0.6) is 0 Å². The van der Waals surface area contributed by atoms with Crippen LogP contribution in [-0.2, 0) is 4.74 Å². The Morgan fingerprint density at radius 2 is 1.51 bits per heavy atom. The van der Waals surface area contributed by atoms with Gasteiger partial charge < -0.3 is 25.2 Å². The van der Waals surface area contributed by atoms with Gasteiger partial charge in [0.25, 0.3) is 0 Å². The van der Waals surface area contributed by atoms with Crippen molar-refractivity contribution >= 4 is 17.5 Å². The number of urea groups is 1. The van der Waals surface area contributed by atoms with Crippen molar-refractivity contribution in [3.05, 3.63) is 114 Å². The molecule has 278 valence electrons. The maximum atomic E-state index is 15.4. The van der Waals surface area contributed by atoms with E-state index in [1.165, 1.54) is 0 Å². The predicted molar refractivity (Wildman–Crippen MR) is 208 cm³/mol. The number of fused-ring (bicyclic) bond motifs is 1. The van der Waals surface area contributed by atoms with Gasteiger partial charge in [0.05, 0.1) is 18.2 Å². The zero-order chi connectivity index (χ0) is 37.1. The smallest absolute Gasteiger partial charge is 0.321 e. The van der Waals surface area contributed by atoms with Crippen molar-refractivity contribution in [1.82, 2.24) is 4.90 Å². The van der Waals surface area contributed by atoms with Gasteiger partial charge in [-0.1, -0.05) is 105 Å². The summed E-state index contributed by atoms with van der Waals surface area (Å²) in [5.74, 6) is 0.206. The van der Waals surface area contributed by atoms with Gasteiger partial charge in [0.2, 0.25) is 0 Å². The second-order valence-electron chi connectivity index (χ2n) is 17.1. The Morgan fingerprint density at radius 1 is 0.849 bits per heavy atom. The van der Waals surface area contributed by atoms with Crippen LogP contribution < -0.4 is 5.32 Å². The summed E-state index contributed by atoms with van der Waals surface area (Å²) in [5, 5.41) is 27.3. The number of Topliss-reactive ketones (excluding diaryl/α,β-unsaturated/α-hetero) is 1. The Kier molecular flexibility index (Phi) is 9.07. The Hall–Kier alpha value is -4.04. The number of carbonyl (C=O) groups excluding carboxylic acids is 2. The number of para-hydroxylation sites is 1. The molecule has 2 spiro atoms. The zero-order valence-corrected chi connectivity index (χ0v) is 31.4. The number of amides is 2. The SMILES string of the molecule is COCCCN(CC1(O)CCC2C34C=CC5(C=C3C(=O)c3ccccc3-c3ccccc3)CC(O)CCC5(C)C4CCC21C)C(=O)Nc1ccccc1. The summed E-state index contributed by atoms with van der Waals surface area (Å²) < 4.78 is 5.37. The predicted octanol–water partition coefficient (Wildman–Crippen LogP) is 8.70. The molecule has 8 unspecified atom stereocenters. The molecule has 3 aromatic carbocycles. The number of carbonyl (C=O) groups is 2. The molecular weight excluding hydrogens is 661 g/mol. The van der Waals surface area contributed by atoms with Gasteiger partial charge in [-0.2, -0.15) is 0 Å². The fraction of sp³-hybridized carbons (Fsp3) is 0.478. The van der Waals surface area contributed by atoms with E-state index in [4.69, 9.17) is 4.74 Å². The zero-order valence-electron chi connectivity index (χ0n) is 31.4. The van der Waals surface area contributed by atoms with Crippen LogP contribution in [0, 0.1) is 33.5 Å². The largest absolute Gasteiger partial charge is 0.393 e. The highest BCUT2D eigenvalue weighted by Gasteiger charge is 2.74. The van der Waals surface area contributed by atoms with E-state index in [2.05, 4.69) is 49.5 Å². The molecule has 6 aliphatic carbocycles. The number of aliphatic hydroxyl groups excluding tert-OH is 1. The average Bonchev–Trinajstić information content (AvgIpc) is 3.44. The van der Waals surface area contributed by atoms with Crippen molar-refractivity contribution in [3.63, 3.8) is 0 Å². The molecule has 0 aliphatic heterocycles. The lowest BCUT2D eigenvalue weighted by molar-refractivity contribution is -0.174. The Labute approximate surface area is 314 Å². The molecule has 7 heteroatoms. The molecule has 2 bridgehead atoms. The van der Waals surface area contributed by atoms with Crippen LogP contribution in [0.2, 0.25) is 0 Å². The first-order valence-corrected chi connectivity index (χ1v) is 19.6. The van der Waals surface area contributed by atoms with Gasteiger partial charge in [-0.15, -0.1) is 0 Å². The third-order valence-electron chi connectivity index (χ3n) is 14.8. The highest BCUT2D eigenvalue weighted by molar-refractivity contribution is 6.14. The van der Waals surface area contributed by atoms with Crippen LogP contribution >= 0.6 is 0 Å². The Bertz CT molecular complexity index is 1930. The quantitative estimate of drug-likeness (QED) is 0.111. The standard InChI is InChI=1S/C46H54N2O5/c1-42-22-19-34(49)29-44(42)25-26-46(37(30-44)40(50)36-18-11-10-17-35(36)32-13-6-4-7-14-32)38(42)20-23-43(2)39(46)21-24-45(43,52)31-48(27-12-28-53-3)41(51)47-33-15-8-5-9-16-33/h4-11,13-18,25-26,30,34,38-39,49,52H,12,19-24,27-29,31H2,1-3H3,(H,47,51). The molecular formula is C46H54N2O5. The van der Waals surface area contributed by atoms with Crippen molar-refractivity contribution < 1.29 is 24.5 Å². The van der Waals surface area contributed by atoms with E-state index in [9.17, 15) is 15.0 Å². The highest BCUT2D eigenvalue weighted by Crippen LogP contribution is 2.78. The topological polar surface area (TPSA) is 99.1 Å². The third kappa shape index (κ3) is 5.48. The molecule has 3 N–H and O–H groups in total. The first-order valence-electron chi connectivity index (χ1n) is 19.6. The molecule has 3 saturated carbocycles. The molecule has 0 radical (unpaired) electrons. The van der Waals surface area contributed by atoms with Crippen LogP contribution in [0.15, 0.2) is 109 Å². The van der Waals surface area contributed by atoms with Gasteiger partial charge in [-0.3, -0.25) is 4.79 Å². The number of nitrogens with zero attached hydrogens (tertiary/aromatic N) is 1. The van der Waals surface area contributed by atoms with Crippen molar-refractivity contribution in [1.29, 1.82) is 0 Å². The van der Waals surface area contributed by atoms with Crippen LogP contribution in [0.3, 0.4) is 0 Å². The van der Waals surface area contributed by atoms with Gasteiger partial charge in [-0.25, -0.2) is 4.79 Å². The van der Waals surface area contributed by atoms with Gasteiger partial charge in [-0.05, 0) is 91.9 Å². The lowest BCUT2D eigenvalue weighted by atomic mass is 9.32. The average molecular weight is 715 g/mol. The number of hydrogen-bond acceptors (Lipinski definition) is 5. The third-order valence-corrected chi connectivity index (χ3v) is 14.8. The molecule has 0 heterocycles. The van der Waals surface area contributed by atoms with Crippen LogP contribution in [-0.4, -0.2) is 65.4 Å². The van der Waals surface area contributed by atoms with E-state index >= 15 is 4.79 Å². The molecule has 0 aromatic heterocycles. The van der Waals surface area contributed by atoms with E-state index in [-0.39, 0.29) is 35.6 Å². The Balaban J connectivity index is 1.21. The van der Waals surface area contributed by atoms with Crippen LogP contribution in [0.1, 0.15) is 75.6 Å². The molecule has 3 fully saturated rings. The second-order valence-corrected chi connectivity index (χ2v) is 17.1. The molecule has 6 aliphatic rings. The van der Waals surface area contributed by atoms with Gasteiger partial charge in [0, 0.05) is 53.3 Å². The lowest BCUT2D eigenvalue weighted by Crippen LogP contribution is -2.67. The lowest BCUT2D eigenvalue weighted by Gasteiger charge is -2.71. The minimum Gasteiger partial charge on any atom is -0.393 e. The van der Waals surface area contributed by atoms with E-state index in [0.717, 1.165) is 48.8 Å². The van der Waals surface area contributed by atoms with Gasteiger partial charge >= 0.3 is 6.03 Å². The normalized spacial score (nSPS) is 35.1. The van der Waals surface area contributed by atoms with Gasteiger partial charge in [0.1, 0.15) is 0 Å². The fourth-order valence-electron chi connectivity index (χ4n) is 12.0. The minimum atomic E-state index is -1.17. The number of ether oxygens (including phenoxy) is 1. The maximum Gasteiger partial charge on any atom is 0.321 e. The first-order chi connectivity index (χ1) is 25.5.